The van der Waals surface area contributed by atoms with Crippen molar-refractivity contribution in [2.45, 2.75) is 38.8 Å². The Hall–Kier alpha value is -0.870. The molecule has 2 atom stereocenters. The number of carbonyl (C=O) groups is 1. The number of carbonyl (C=O) groups excluding carboxylic acids is 1. The smallest absolute Gasteiger partial charge is 0.254 e. The van der Waals surface area contributed by atoms with E-state index >= 15 is 0 Å². The summed E-state index contributed by atoms with van der Waals surface area (Å²) in [6.07, 6.45) is 2.04. The summed E-state index contributed by atoms with van der Waals surface area (Å²) in [6, 6.07) is 8.37. The van der Waals surface area contributed by atoms with Crippen molar-refractivity contribution in [2.75, 3.05) is 13.1 Å². The van der Waals surface area contributed by atoms with Crippen LogP contribution in [0.4, 0.5) is 0 Å². The fraction of sp³-hybridized carbons (Fsp3) is 0.533. The minimum Gasteiger partial charge on any atom is -0.333 e. The van der Waals surface area contributed by atoms with Gasteiger partial charge in [-0.05, 0) is 31.0 Å². The molecule has 1 aromatic carbocycles. The quantitative estimate of drug-likeness (QED) is 0.926. The van der Waals surface area contributed by atoms with Crippen molar-refractivity contribution in [3.63, 3.8) is 0 Å². The van der Waals surface area contributed by atoms with Gasteiger partial charge in [0.25, 0.3) is 5.91 Å². The van der Waals surface area contributed by atoms with Crippen LogP contribution in [0.25, 0.3) is 0 Å². The van der Waals surface area contributed by atoms with Crippen LogP contribution in [0.15, 0.2) is 28.7 Å². The van der Waals surface area contributed by atoms with Gasteiger partial charge in [0.05, 0.1) is 0 Å². The van der Waals surface area contributed by atoms with Gasteiger partial charge in [-0.1, -0.05) is 35.8 Å². The Bertz CT molecular complexity index is 450. The Balaban J connectivity index is 2.19. The van der Waals surface area contributed by atoms with E-state index in [1.165, 1.54) is 0 Å². The number of benzene rings is 1. The average Bonchev–Trinajstić information content (AvgIpc) is 2.45. The van der Waals surface area contributed by atoms with E-state index in [9.17, 15) is 4.79 Å². The third-order valence-corrected chi connectivity index (χ3v) is 4.29. The fourth-order valence-corrected chi connectivity index (χ4v) is 2.94. The van der Waals surface area contributed by atoms with E-state index < -0.39 is 0 Å². The van der Waals surface area contributed by atoms with Gasteiger partial charge in [-0.15, -0.1) is 0 Å². The molecule has 1 N–H and O–H groups in total. The van der Waals surface area contributed by atoms with Crippen LogP contribution in [0.3, 0.4) is 0 Å². The van der Waals surface area contributed by atoms with Crippen LogP contribution >= 0.6 is 15.9 Å². The van der Waals surface area contributed by atoms with Crippen LogP contribution in [0.1, 0.15) is 37.0 Å². The number of hydrogen-bond acceptors (Lipinski definition) is 2. The molecule has 0 saturated carbocycles. The Labute approximate surface area is 123 Å². The Morgan fingerprint density at radius 1 is 1.42 bits per heavy atom. The highest BCUT2D eigenvalue weighted by molar-refractivity contribution is 9.10. The third-order valence-electron chi connectivity index (χ3n) is 3.80. The molecule has 104 valence electrons. The molecule has 19 heavy (non-hydrogen) atoms. The highest BCUT2D eigenvalue weighted by Gasteiger charge is 2.30. The molecule has 4 heteroatoms. The first-order chi connectivity index (χ1) is 9.15. The van der Waals surface area contributed by atoms with Crippen LogP contribution < -0.4 is 5.32 Å². The Morgan fingerprint density at radius 2 is 2.21 bits per heavy atom. The molecular weight excluding hydrogens is 304 g/mol. The van der Waals surface area contributed by atoms with Crippen molar-refractivity contribution in [1.82, 2.24) is 10.2 Å². The van der Waals surface area contributed by atoms with Crippen molar-refractivity contribution in [3.05, 3.63) is 34.3 Å². The molecule has 1 fully saturated rings. The van der Waals surface area contributed by atoms with Gasteiger partial charge in [0.2, 0.25) is 0 Å². The number of nitrogens with one attached hydrogen (secondary N) is 1. The molecule has 0 bridgehead atoms. The number of nitrogens with zero attached hydrogens (tertiary/aromatic N) is 1. The predicted molar refractivity (Wildman–Crippen MR) is 81.3 cm³/mol. The van der Waals surface area contributed by atoms with Crippen LogP contribution in [0.5, 0.6) is 0 Å². The molecule has 0 spiro atoms. The number of hydrogen-bond donors (Lipinski definition) is 1. The predicted octanol–water partition coefficient (Wildman–Crippen LogP) is 3.05. The summed E-state index contributed by atoms with van der Waals surface area (Å²) in [5.41, 5.74) is 0.768. The number of amides is 1. The van der Waals surface area contributed by atoms with Gasteiger partial charge in [-0.2, -0.15) is 0 Å². The third kappa shape index (κ3) is 3.37. The second kappa shape index (κ2) is 6.53. The van der Waals surface area contributed by atoms with E-state index in [-0.39, 0.29) is 5.91 Å². The molecule has 2 unspecified atom stereocenters. The first-order valence-corrected chi connectivity index (χ1v) is 7.74. The van der Waals surface area contributed by atoms with Gasteiger partial charge in [0.1, 0.15) is 0 Å². The number of halogens is 1. The van der Waals surface area contributed by atoms with E-state index in [4.69, 9.17) is 0 Å². The molecule has 3 nitrogen and oxygen atoms in total. The maximum Gasteiger partial charge on any atom is 0.254 e. The van der Waals surface area contributed by atoms with Gasteiger partial charge >= 0.3 is 0 Å². The molecule has 0 radical (unpaired) electrons. The molecule has 1 aliphatic rings. The van der Waals surface area contributed by atoms with Crippen molar-refractivity contribution in [2.24, 2.45) is 0 Å². The lowest BCUT2D eigenvalue weighted by atomic mass is 10.0. The zero-order valence-corrected chi connectivity index (χ0v) is 13.1. The molecule has 0 aromatic heterocycles. The lowest BCUT2D eigenvalue weighted by Gasteiger charge is -2.40. The second-order valence-electron chi connectivity index (χ2n) is 5.04. The molecule has 1 aromatic rings. The molecular formula is C15H21BrN2O. The molecule has 0 aliphatic carbocycles. The lowest BCUT2D eigenvalue weighted by molar-refractivity contribution is 0.0576. The summed E-state index contributed by atoms with van der Waals surface area (Å²) >= 11 is 3.43. The van der Waals surface area contributed by atoms with E-state index in [1.807, 2.05) is 29.2 Å². The van der Waals surface area contributed by atoms with Gasteiger partial charge < -0.3 is 10.2 Å². The number of piperazine rings is 1. The van der Waals surface area contributed by atoms with Crippen LogP contribution in [0, 0.1) is 0 Å². The zero-order valence-electron chi connectivity index (χ0n) is 11.5. The minimum atomic E-state index is 0.146. The normalized spacial score (nSPS) is 23.4. The van der Waals surface area contributed by atoms with Gasteiger partial charge in [0, 0.05) is 35.2 Å². The van der Waals surface area contributed by atoms with Gasteiger partial charge in [-0.3, -0.25) is 4.79 Å². The van der Waals surface area contributed by atoms with Gasteiger partial charge in [0.15, 0.2) is 0 Å². The lowest BCUT2D eigenvalue weighted by Crippen LogP contribution is -2.57. The average molecular weight is 325 g/mol. The highest BCUT2D eigenvalue weighted by atomic mass is 79.9. The fourth-order valence-electron chi connectivity index (χ4n) is 2.54. The second-order valence-corrected chi connectivity index (χ2v) is 5.96. The molecule has 1 heterocycles. The molecule has 1 amide bonds. The summed E-state index contributed by atoms with van der Waals surface area (Å²) < 4.78 is 0.952. The van der Waals surface area contributed by atoms with Crippen molar-refractivity contribution >= 4 is 21.8 Å². The Kier molecular flexibility index (Phi) is 4.99. The molecule has 2 rings (SSSR count). The highest BCUT2D eigenvalue weighted by Crippen LogP contribution is 2.18. The monoisotopic (exact) mass is 324 g/mol. The van der Waals surface area contributed by atoms with E-state index in [2.05, 4.69) is 35.1 Å². The molecule has 1 aliphatic heterocycles. The minimum absolute atomic E-state index is 0.146. The summed E-state index contributed by atoms with van der Waals surface area (Å²) in [5.74, 6) is 0.146. The summed E-state index contributed by atoms with van der Waals surface area (Å²) in [5, 5.41) is 3.51. The Morgan fingerprint density at radius 3 is 2.84 bits per heavy atom. The standard InChI is InChI=1S/C15H21BrN2O/c1-3-13-10-18(14(4-2)9-17-13)15(19)11-6-5-7-12(16)8-11/h5-8,13-14,17H,3-4,9-10H2,1-2H3. The maximum atomic E-state index is 12.7. The van der Waals surface area contributed by atoms with E-state index in [0.29, 0.717) is 12.1 Å². The van der Waals surface area contributed by atoms with E-state index in [0.717, 1.165) is 36.0 Å². The van der Waals surface area contributed by atoms with Crippen molar-refractivity contribution < 1.29 is 4.79 Å². The molecule has 1 saturated heterocycles. The maximum absolute atomic E-state index is 12.7. The topological polar surface area (TPSA) is 32.3 Å². The SMILES string of the molecule is CCC1CN(C(=O)c2cccc(Br)c2)C(CC)CN1. The van der Waals surface area contributed by atoms with E-state index in [1.54, 1.807) is 0 Å². The summed E-state index contributed by atoms with van der Waals surface area (Å²) in [6.45, 7) is 6.00. The zero-order chi connectivity index (χ0) is 13.8. The summed E-state index contributed by atoms with van der Waals surface area (Å²) in [4.78, 5) is 14.7. The first kappa shape index (κ1) is 14.5. The summed E-state index contributed by atoms with van der Waals surface area (Å²) in [7, 11) is 0. The van der Waals surface area contributed by atoms with Crippen molar-refractivity contribution in [1.29, 1.82) is 0 Å². The van der Waals surface area contributed by atoms with Crippen LogP contribution in [-0.2, 0) is 0 Å². The largest absolute Gasteiger partial charge is 0.333 e. The van der Waals surface area contributed by atoms with Gasteiger partial charge in [-0.25, -0.2) is 0 Å². The van der Waals surface area contributed by atoms with Crippen molar-refractivity contribution in [3.8, 4) is 0 Å². The first-order valence-electron chi connectivity index (χ1n) is 6.95. The van der Waals surface area contributed by atoms with Crippen LogP contribution in [0.2, 0.25) is 0 Å². The van der Waals surface area contributed by atoms with Crippen LogP contribution in [-0.4, -0.2) is 36.0 Å². The number of rotatable bonds is 3.